The van der Waals surface area contributed by atoms with Gasteiger partial charge in [-0.1, -0.05) is 19.9 Å². The summed E-state index contributed by atoms with van der Waals surface area (Å²) in [6, 6.07) is 4.58. The molecule has 18 heavy (non-hydrogen) atoms. The molecule has 0 atom stereocenters. The summed E-state index contributed by atoms with van der Waals surface area (Å²) in [6.07, 6.45) is 8.53. The van der Waals surface area contributed by atoms with Gasteiger partial charge in [-0.25, -0.2) is 4.98 Å². The smallest absolute Gasteiger partial charge is 0.0948 e. The SMILES string of the molecule is CC(C)NCc1cncn1CCc1cccnc1. The molecular weight excluding hydrogens is 224 g/mol. The molecule has 0 aliphatic rings. The molecule has 2 rings (SSSR count). The summed E-state index contributed by atoms with van der Waals surface area (Å²) >= 11 is 0. The summed E-state index contributed by atoms with van der Waals surface area (Å²) < 4.78 is 2.20. The molecule has 4 nitrogen and oxygen atoms in total. The fourth-order valence-electron chi connectivity index (χ4n) is 1.80. The molecule has 0 amide bonds. The molecule has 0 saturated carbocycles. The van der Waals surface area contributed by atoms with Crippen molar-refractivity contribution < 1.29 is 0 Å². The van der Waals surface area contributed by atoms with E-state index in [1.807, 2.05) is 24.8 Å². The number of aromatic nitrogens is 3. The number of nitrogens with zero attached hydrogens (tertiary/aromatic N) is 3. The van der Waals surface area contributed by atoms with E-state index >= 15 is 0 Å². The maximum atomic E-state index is 4.22. The van der Waals surface area contributed by atoms with E-state index in [0.717, 1.165) is 19.5 Å². The first-order valence-electron chi connectivity index (χ1n) is 6.37. The molecule has 0 radical (unpaired) electrons. The first kappa shape index (κ1) is 12.8. The Morgan fingerprint density at radius 3 is 2.89 bits per heavy atom. The van der Waals surface area contributed by atoms with Gasteiger partial charge in [-0.05, 0) is 18.1 Å². The molecule has 0 spiro atoms. The molecule has 2 aromatic heterocycles. The lowest BCUT2D eigenvalue weighted by atomic mass is 10.2. The topological polar surface area (TPSA) is 42.7 Å². The Hall–Kier alpha value is -1.68. The minimum Gasteiger partial charge on any atom is -0.333 e. The number of hydrogen-bond donors (Lipinski definition) is 1. The van der Waals surface area contributed by atoms with Gasteiger partial charge in [0.2, 0.25) is 0 Å². The number of rotatable bonds is 6. The zero-order chi connectivity index (χ0) is 12.8. The van der Waals surface area contributed by atoms with Gasteiger partial charge in [0.15, 0.2) is 0 Å². The second-order valence-corrected chi connectivity index (χ2v) is 4.73. The maximum Gasteiger partial charge on any atom is 0.0948 e. The van der Waals surface area contributed by atoms with Crippen LogP contribution >= 0.6 is 0 Å². The van der Waals surface area contributed by atoms with Crippen LogP contribution in [-0.4, -0.2) is 20.6 Å². The molecule has 0 saturated heterocycles. The summed E-state index contributed by atoms with van der Waals surface area (Å²) in [5.74, 6) is 0. The molecule has 4 heteroatoms. The summed E-state index contributed by atoms with van der Waals surface area (Å²) in [6.45, 7) is 6.11. The molecule has 0 fully saturated rings. The highest BCUT2D eigenvalue weighted by atomic mass is 15.1. The molecule has 0 unspecified atom stereocenters. The van der Waals surface area contributed by atoms with E-state index in [-0.39, 0.29) is 0 Å². The zero-order valence-corrected chi connectivity index (χ0v) is 11.0. The van der Waals surface area contributed by atoms with E-state index in [4.69, 9.17) is 0 Å². The van der Waals surface area contributed by atoms with Crippen molar-refractivity contribution in [3.63, 3.8) is 0 Å². The first-order chi connectivity index (χ1) is 8.75. The lowest BCUT2D eigenvalue weighted by molar-refractivity contribution is 0.554. The Bertz CT molecular complexity index is 462. The molecule has 0 aliphatic carbocycles. The van der Waals surface area contributed by atoms with Crippen molar-refractivity contribution in [2.45, 2.75) is 39.4 Å². The van der Waals surface area contributed by atoms with Gasteiger partial charge >= 0.3 is 0 Å². The van der Waals surface area contributed by atoms with Crippen LogP contribution in [0.2, 0.25) is 0 Å². The van der Waals surface area contributed by atoms with Crippen molar-refractivity contribution in [2.24, 2.45) is 0 Å². The summed E-state index contributed by atoms with van der Waals surface area (Å²) in [5.41, 5.74) is 2.49. The molecule has 2 heterocycles. The number of hydrogen-bond acceptors (Lipinski definition) is 3. The molecule has 0 aliphatic heterocycles. The largest absolute Gasteiger partial charge is 0.333 e. The highest BCUT2D eigenvalue weighted by Gasteiger charge is 2.03. The van der Waals surface area contributed by atoms with Crippen LogP contribution in [0.3, 0.4) is 0 Å². The molecule has 1 N–H and O–H groups in total. The normalized spacial score (nSPS) is 11.1. The van der Waals surface area contributed by atoms with Crippen molar-refractivity contribution in [3.8, 4) is 0 Å². The highest BCUT2D eigenvalue weighted by molar-refractivity contribution is 5.09. The van der Waals surface area contributed by atoms with E-state index in [0.29, 0.717) is 6.04 Å². The van der Waals surface area contributed by atoms with Gasteiger partial charge in [-0.15, -0.1) is 0 Å². The lowest BCUT2D eigenvalue weighted by Crippen LogP contribution is -2.23. The maximum absolute atomic E-state index is 4.22. The van der Waals surface area contributed by atoms with Crippen molar-refractivity contribution in [2.75, 3.05) is 0 Å². The average Bonchev–Trinajstić information content (AvgIpc) is 2.82. The van der Waals surface area contributed by atoms with Crippen molar-refractivity contribution in [1.29, 1.82) is 0 Å². The fraction of sp³-hybridized carbons (Fsp3) is 0.429. The van der Waals surface area contributed by atoms with E-state index in [2.05, 4.69) is 39.8 Å². The quantitative estimate of drug-likeness (QED) is 0.845. The van der Waals surface area contributed by atoms with Crippen LogP contribution in [-0.2, 0) is 19.5 Å². The van der Waals surface area contributed by atoms with Gasteiger partial charge in [0.05, 0.1) is 12.0 Å². The van der Waals surface area contributed by atoms with Crippen LogP contribution < -0.4 is 5.32 Å². The third-order valence-corrected chi connectivity index (χ3v) is 2.85. The molecule has 96 valence electrons. The molecule has 0 aromatic carbocycles. The highest BCUT2D eigenvalue weighted by Crippen LogP contribution is 2.04. The predicted octanol–water partition coefficient (Wildman–Crippen LogP) is 2.02. The van der Waals surface area contributed by atoms with E-state index in [1.165, 1.54) is 11.3 Å². The monoisotopic (exact) mass is 244 g/mol. The van der Waals surface area contributed by atoms with Gasteiger partial charge in [0, 0.05) is 37.7 Å². The van der Waals surface area contributed by atoms with Gasteiger partial charge in [0.25, 0.3) is 0 Å². The summed E-state index contributed by atoms with van der Waals surface area (Å²) in [5, 5.41) is 3.41. The minimum absolute atomic E-state index is 0.492. The number of imidazole rings is 1. The Morgan fingerprint density at radius 2 is 2.17 bits per heavy atom. The van der Waals surface area contributed by atoms with Crippen LogP contribution in [0.25, 0.3) is 0 Å². The number of nitrogens with one attached hydrogen (secondary N) is 1. The molecular formula is C14H20N4. The number of aryl methyl sites for hydroxylation is 2. The summed E-state index contributed by atoms with van der Waals surface area (Å²) in [4.78, 5) is 8.35. The van der Waals surface area contributed by atoms with Crippen LogP contribution in [0.15, 0.2) is 37.1 Å². The van der Waals surface area contributed by atoms with Crippen LogP contribution in [0, 0.1) is 0 Å². The van der Waals surface area contributed by atoms with Crippen molar-refractivity contribution >= 4 is 0 Å². The van der Waals surface area contributed by atoms with E-state index < -0.39 is 0 Å². The molecule has 2 aromatic rings. The van der Waals surface area contributed by atoms with Crippen LogP contribution in [0.1, 0.15) is 25.1 Å². The van der Waals surface area contributed by atoms with Gasteiger partial charge in [-0.2, -0.15) is 0 Å². The Kier molecular flexibility index (Phi) is 4.47. The van der Waals surface area contributed by atoms with E-state index in [1.54, 1.807) is 6.20 Å². The third kappa shape index (κ3) is 3.67. The van der Waals surface area contributed by atoms with E-state index in [9.17, 15) is 0 Å². The van der Waals surface area contributed by atoms with Gasteiger partial charge in [0.1, 0.15) is 0 Å². The fourth-order valence-corrected chi connectivity index (χ4v) is 1.80. The Labute approximate surface area is 108 Å². The van der Waals surface area contributed by atoms with Crippen LogP contribution in [0.4, 0.5) is 0 Å². The Morgan fingerprint density at radius 1 is 1.28 bits per heavy atom. The second kappa shape index (κ2) is 6.31. The van der Waals surface area contributed by atoms with Crippen LogP contribution in [0.5, 0.6) is 0 Å². The first-order valence-corrected chi connectivity index (χ1v) is 6.37. The lowest BCUT2D eigenvalue weighted by Gasteiger charge is -2.11. The Balaban J connectivity index is 1.91. The van der Waals surface area contributed by atoms with Crippen molar-refractivity contribution in [1.82, 2.24) is 19.9 Å². The average molecular weight is 244 g/mol. The minimum atomic E-state index is 0.492. The third-order valence-electron chi connectivity index (χ3n) is 2.85. The zero-order valence-electron chi connectivity index (χ0n) is 11.0. The second-order valence-electron chi connectivity index (χ2n) is 4.73. The van der Waals surface area contributed by atoms with Crippen molar-refractivity contribution in [3.05, 3.63) is 48.3 Å². The van der Waals surface area contributed by atoms with Gasteiger partial charge in [-0.3, -0.25) is 4.98 Å². The molecule has 0 bridgehead atoms. The predicted molar refractivity (Wildman–Crippen MR) is 72.1 cm³/mol. The summed E-state index contributed by atoms with van der Waals surface area (Å²) in [7, 11) is 0. The standard InChI is InChI=1S/C14H20N4/c1-12(2)17-10-14-9-16-11-18(14)7-5-13-4-3-6-15-8-13/h3-4,6,8-9,11-12,17H,5,7,10H2,1-2H3. The number of pyridine rings is 1. The van der Waals surface area contributed by atoms with Gasteiger partial charge < -0.3 is 9.88 Å².